The van der Waals surface area contributed by atoms with E-state index in [-0.39, 0.29) is 0 Å². The van der Waals surface area contributed by atoms with Crippen molar-refractivity contribution in [3.63, 3.8) is 0 Å². The average Bonchev–Trinajstić information content (AvgIpc) is 2.31. The van der Waals surface area contributed by atoms with Gasteiger partial charge in [0.2, 0.25) is 0 Å². The first-order valence-corrected chi connectivity index (χ1v) is 11.4. The van der Waals surface area contributed by atoms with Gasteiger partial charge < -0.3 is 10.8 Å². The number of carbonyl (C=O) groups is 1. The molecule has 0 aliphatic carbocycles. The van der Waals surface area contributed by atoms with Crippen molar-refractivity contribution in [3.05, 3.63) is 41.6 Å². The monoisotopic (exact) mass is 476 g/mol. The number of carboxylic acid groups (broad SMARTS) is 1. The third-order valence-electron chi connectivity index (χ3n) is 1.75. The Morgan fingerprint density at radius 1 is 1.41 bits per heavy atom. The van der Waals surface area contributed by atoms with Crippen molar-refractivity contribution in [3.8, 4) is 0 Å². The Balaban J connectivity index is 0.000000770. The molecule has 0 spiro atoms. The summed E-state index contributed by atoms with van der Waals surface area (Å²) in [6, 6.07) is 8.89. The Morgan fingerprint density at radius 3 is 2.41 bits per heavy atom. The molecule has 1 aromatic rings. The number of carboxylic acids is 1. The van der Waals surface area contributed by atoms with Crippen molar-refractivity contribution in [2.75, 3.05) is 5.75 Å². The standard InChI is InChI=1S/C10H12NO2S.2ClH.Pt/c11-9(10(12)13)7-14-6-8-4-2-1-3-5-8;;;/h1-5,9,11H,6-7H2,(H,12,13);2*1H;/q-1;;;+2/p-1. The number of hydrogen-bond acceptors (Lipinski definition) is 1. The first-order valence-electron chi connectivity index (χ1n) is 4.55. The van der Waals surface area contributed by atoms with E-state index >= 15 is 0 Å². The average molecular weight is 477 g/mol. The van der Waals surface area contributed by atoms with E-state index in [1.165, 1.54) is 5.56 Å². The van der Waals surface area contributed by atoms with Crippen LogP contribution in [0.4, 0.5) is 0 Å². The Morgan fingerprint density at radius 2 is 1.94 bits per heavy atom. The molecule has 1 aromatic carbocycles. The minimum atomic E-state index is -1.04. The maximum absolute atomic E-state index is 10.3. The van der Waals surface area contributed by atoms with Gasteiger partial charge in [0, 0.05) is 11.6 Å². The van der Waals surface area contributed by atoms with Gasteiger partial charge in [-0.05, 0) is 11.8 Å². The fourth-order valence-electron chi connectivity index (χ4n) is 0.984. The van der Waals surface area contributed by atoms with Gasteiger partial charge >= 0.3 is 35.3 Å². The maximum atomic E-state index is 10.3. The van der Waals surface area contributed by atoms with Gasteiger partial charge in [-0.3, -0.25) is 4.79 Å². The van der Waals surface area contributed by atoms with Crippen LogP contribution in [-0.2, 0) is 38.8 Å². The topological polar surface area (TPSA) is 61.1 Å². The smallest absolute Gasteiger partial charge is 0.290 e. The van der Waals surface area contributed by atoms with Crippen molar-refractivity contribution >= 4 is 36.6 Å². The van der Waals surface area contributed by atoms with E-state index in [0.717, 1.165) is 17.5 Å². The van der Waals surface area contributed by atoms with Crippen LogP contribution in [0.1, 0.15) is 5.56 Å². The van der Waals surface area contributed by atoms with Crippen molar-refractivity contribution in [1.82, 2.24) is 0 Å². The molecule has 0 saturated heterocycles. The fraction of sp³-hybridized carbons (Fsp3) is 0.300. The van der Waals surface area contributed by atoms with Crippen molar-refractivity contribution in [2.24, 2.45) is 0 Å². The molecule has 7 heteroatoms. The van der Waals surface area contributed by atoms with Crippen molar-refractivity contribution in [2.45, 2.75) is 11.8 Å². The first kappa shape index (κ1) is 17.3. The van der Waals surface area contributed by atoms with Crippen LogP contribution in [0.3, 0.4) is 0 Å². The molecule has 0 aliphatic heterocycles. The van der Waals surface area contributed by atoms with E-state index < -0.39 is 28.5 Å². The SMILES string of the molecule is [Cl][Pt][Cl].[NH-]C(C[SH+]Cc1ccccc1)C(=O)O. The molecular formula is C10H13Cl2NO2PtS. The van der Waals surface area contributed by atoms with Crippen LogP contribution in [0.15, 0.2) is 30.3 Å². The number of aliphatic carboxylic acids is 1. The van der Waals surface area contributed by atoms with Crippen LogP contribution < -0.4 is 0 Å². The molecule has 1 rings (SSSR count). The van der Waals surface area contributed by atoms with Crippen LogP contribution in [0.5, 0.6) is 0 Å². The summed E-state index contributed by atoms with van der Waals surface area (Å²) < 4.78 is 0. The van der Waals surface area contributed by atoms with Gasteiger partial charge in [-0.2, -0.15) is 0 Å². The molecule has 0 radical (unpaired) electrons. The fourth-order valence-corrected chi connectivity index (χ4v) is 2.00. The van der Waals surface area contributed by atoms with Crippen LogP contribution in [-0.4, -0.2) is 22.9 Å². The molecule has 0 fully saturated rings. The van der Waals surface area contributed by atoms with Crippen molar-refractivity contribution in [1.29, 1.82) is 0 Å². The second-order valence-electron chi connectivity index (χ2n) is 2.99. The second-order valence-corrected chi connectivity index (χ2v) is 7.40. The summed E-state index contributed by atoms with van der Waals surface area (Å²) in [5, 5.41) is 8.49. The Hall–Kier alpha value is 0.268. The molecular weight excluding hydrogens is 464 g/mol. The van der Waals surface area contributed by atoms with E-state index in [4.69, 9.17) is 29.7 Å². The Labute approximate surface area is 121 Å². The van der Waals surface area contributed by atoms with E-state index in [1.54, 1.807) is 0 Å². The summed E-state index contributed by atoms with van der Waals surface area (Å²) in [5.74, 6) is 0.179. The molecule has 0 saturated carbocycles. The number of hydrogen-bond donors (Lipinski definition) is 1. The maximum Gasteiger partial charge on any atom is 0.290 e. The summed E-state index contributed by atoms with van der Waals surface area (Å²) in [4.78, 5) is 10.3. The molecule has 0 aromatic heterocycles. The molecule has 0 bridgehead atoms. The molecule has 100 valence electrons. The van der Waals surface area contributed by atoms with E-state index in [0.29, 0.717) is 5.75 Å². The largest absolute Gasteiger partial charge is 0.661 e. The zero-order valence-electron chi connectivity index (χ0n) is 8.75. The summed E-state index contributed by atoms with van der Waals surface area (Å²) in [7, 11) is 9.75. The molecule has 0 aliphatic rings. The zero-order valence-corrected chi connectivity index (χ0v) is 13.4. The number of benzene rings is 1. The van der Waals surface area contributed by atoms with Gasteiger partial charge in [-0.25, -0.2) is 0 Å². The molecule has 1 atom stereocenters. The van der Waals surface area contributed by atoms with Gasteiger partial charge in [-0.15, -0.1) is 0 Å². The molecule has 0 amide bonds. The molecule has 1 unspecified atom stereocenters. The summed E-state index contributed by atoms with van der Waals surface area (Å²) in [6.07, 6.45) is 0. The van der Waals surface area contributed by atoms with Gasteiger partial charge in [0.05, 0.1) is 5.75 Å². The normalized spacial score (nSPS) is 11.5. The minimum absolute atomic E-state index is 0.393. The van der Waals surface area contributed by atoms with Gasteiger partial charge in [0.1, 0.15) is 5.75 Å². The quantitative estimate of drug-likeness (QED) is 0.524. The zero-order chi connectivity index (χ0) is 13.1. The van der Waals surface area contributed by atoms with E-state index in [2.05, 4.69) is 0 Å². The van der Waals surface area contributed by atoms with Crippen LogP contribution in [0, 0.1) is 0 Å². The molecule has 0 heterocycles. The predicted octanol–water partition coefficient (Wildman–Crippen LogP) is 2.88. The van der Waals surface area contributed by atoms with Gasteiger partial charge in [0.15, 0.2) is 0 Å². The number of thiol groups is 1. The summed E-state index contributed by atoms with van der Waals surface area (Å²) >= 11 is 0.522. The number of halogens is 2. The Bertz CT molecular complexity index is 316. The second kappa shape index (κ2) is 11.4. The van der Waals surface area contributed by atoms with Gasteiger partial charge in [0.25, 0.3) is 5.97 Å². The number of rotatable bonds is 5. The number of nitrogens with one attached hydrogen (secondary N) is 1. The summed E-state index contributed by atoms with van der Waals surface area (Å²) in [5.41, 5.74) is 8.37. The van der Waals surface area contributed by atoms with Crippen LogP contribution in [0.25, 0.3) is 5.73 Å². The van der Waals surface area contributed by atoms with Gasteiger partial charge in [-0.1, -0.05) is 30.3 Å². The van der Waals surface area contributed by atoms with E-state index in [9.17, 15) is 4.79 Å². The minimum Gasteiger partial charge on any atom is -0.661 e. The third-order valence-corrected chi connectivity index (χ3v) is 2.96. The molecule has 17 heavy (non-hydrogen) atoms. The Kier molecular flexibility index (Phi) is 11.5. The molecule has 2 N–H and O–H groups in total. The summed E-state index contributed by atoms with van der Waals surface area (Å²) in [6.45, 7) is 0. The van der Waals surface area contributed by atoms with Crippen LogP contribution in [0.2, 0.25) is 0 Å². The van der Waals surface area contributed by atoms with Crippen molar-refractivity contribution < 1.29 is 26.4 Å². The van der Waals surface area contributed by atoms with Crippen LogP contribution >= 0.6 is 18.8 Å². The van der Waals surface area contributed by atoms with E-state index in [1.807, 2.05) is 30.3 Å². The third kappa shape index (κ3) is 9.92. The molecule has 3 nitrogen and oxygen atoms in total. The first-order chi connectivity index (χ1) is 8.11. The predicted molar refractivity (Wildman–Crippen MR) is 71.2 cm³/mol.